The van der Waals surface area contributed by atoms with E-state index in [1.165, 1.54) is 0 Å². The molecule has 66 valence electrons. The highest BCUT2D eigenvalue weighted by Gasteiger charge is 2.00. The third kappa shape index (κ3) is 2.42. The Morgan fingerprint density at radius 1 is 1.67 bits per heavy atom. The quantitative estimate of drug-likeness (QED) is 0.811. The smallest absolute Gasteiger partial charge is 0.144 e. The van der Waals surface area contributed by atoms with Gasteiger partial charge in [0.1, 0.15) is 11.6 Å². The van der Waals surface area contributed by atoms with Crippen LogP contribution in [0.25, 0.3) is 0 Å². The molecule has 0 aliphatic carbocycles. The molecule has 0 aliphatic heterocycles. The first-order valence-corrected chi connectivity index (χ1v) is 4.46. The second kappa shape index (κ2) is 4.37. The van der Waals surface area contributed by atoms with E-state index < -0.39 is 0 Å². The van der Waals surface area contributed by atoms with Crippen molar-refractivity contribution in [2.45, 2.75) is 6.92 Å². The number of nitrogens with zero attached hydrogens (tertiary/aromatic N) is 2. The number of nitrogens with one attached hydrogen (secondary N) is 1. The minimum Gasteiger partial charge on any atom is -0.368 e. The highest BCUT2D eigenvalue weighted by atomic mass is 79.9. The average molecular weight is 231 g/mol. The van der Waals surface area contributed by atoms with Crippen LogP contribution in [0.2, 0.25) is 0 Å². The summed E-state index contributed by atoms with van der Waals surface area (Å²) >= 11 is 3.33. The Hall–Kier alpha value is -0.680. The molecule has 0 saturated heterocycles. The van der Waals surface area contributed by atoms with Crippen LogP contribution in [-0.2, 0) is 0 Å². The first kappa shape index (κ1) is 9.41. The molecule has 5 heteroatoms. The van der Waals surface area contributed by atoms with E-state index in [0.717, 1.165) is 22.7 Å². The lowest BCUT2D eigenvalue weighted by atomic mass is 10.5. The predicted octanol–water partition coefficient (Wildman–Crippen LogP) is 0.918. The Bertz CT molecular complexity index is 264. The van der Waals surface area contributed by atoms with Gasteiger partial charge in [-0.3, -0.25) is 0 Å². The van der Waals surface area contributed by atoms with Crippen molar-refractivity contribution in [3.8, 4) is 0 Å². The number of nitrogens with two attached hydrogens (primary N) is 1. The fraction of sp³-hybridized carbons (Fsp3) is 0.429. The number of hydrogen-bond acceptors (Lipinski definition) is 4. The van der Waals surface area contributed by atoms with Gasteiger partial charge in [-0.25, -0.2) is 9.97 Å². The molecular formula is C7H11BrN4. The Morgan fingerprint density at radius 3 is 3.08 bits per heavy atom. The molecule has 0 saturated carbocycles. The fourth-order valence-electron chi connectivity index (χ4n) is 0.770. The zero-order chi connectivity index (χ0) is 8.97. The molecule has 0 bridgehead atoms. The molecule has 0 aliphatic rings. The van der Waals surface area contributed by atoms with E-state index in [0.29, 0.717) is 6.54 Å². The van der Waals surface area contributed by atoms with Gasteiger partial charge in [0.25, 0.3) is 0 Å². The molecule has 0 spiro atoms. The third-order valence-electron chi connectivity index (χ3n) is 1.30. The second-order valence-electron chi connectivity index (χ2n) is 2.33. The molecule has 1 aromatic heterocycles. The molecule has 12 heavy (non-hydrogen) atoms. The molecule has 4 nitrogen and oxygen atoms in total. The molecular weight excluding hydrogens is 220 g/mol. The molecule has 1 aromatic rings. The standard InChI is InChI=1S/C7H11BrN4/c1-5-11-4-6(8)7(12-5)10-3-2-9/h4H,2-3,9H2,1H3,(H,10,11,12). The lowest BCUT2D eigenvalue weighted by Gasteiger charge is -2.05. The van der Waals surface area contributed by atoms with Crippen molar-refractivity contribution in [1.82, 2.24) is 9.97 Å². The summed E-state index contributed by atoms with van der Waals surface area (Å²) in [6.07, 6.45) is 1.72. The molecule has 3 N–H and O–H groups in total. The van der Waals surface area contributed by atoms with Crippen molar-refractivity contribution < 1.29 is 0 Å². The lowest BCUT2D eigenvalue weighted by molar-refractivity contribution is 0.980. The minimum absolute atomic E-state index is 0.593. The summed E-state index contributed by atoms with van der Waals surface area (Å²) in [6, 6.07) is 0. The van der Waals surface area contributed by atoms with Gasteiger partial charge in [0.15, 0.2) is 0 Å². The molecule has 0 radical (unpaired) electrons. The van der Waals surface area contributed by atoms with Crippen LogP contribution in [0, 0.1) is 6.92 Å². The lowest BCUT2D eigenvalue weighted by Crippen LogP contribution is -2.14. The summed E-state index contributed by atoms with van der Waals surface area (Å²) in [5.74, 6) is 1.55. The first-order chi connectivity index (χ1) is 5.74. The van der Waals surface area contributed by atoms with E-state index in [-0.39, 0.29) is 0 Å². The van der Waals surface area contributed by atoms with E-state index in [4.69, 9.17) is 5.73 Å². The number of anilines is 1. The molecule has 0 aromatic carbocycles. The molecule has 0 fully saturated rings. The van der Waals surface area contributed by atoms with Crippen LogP contribution in [0.15, 0.2) is 10.7 Å². The van der Waals surface area contributed by atoms with E-state index in [2.05, 4.69) is 31.2 Å². The molecule has 0 atom stereocenters. The Kier molecular flexibility index (Phi) is 3.43. The predicted molar refractivity (Wildman–Crippen MR) is 52.0 cm³/mol. The number of hydrogen-bond donors (Lipinski definition) is 2. The number of halogens is 1. The van der Waals surface area contributed by atoms with Crippen molar-refractivity contribution in [2.75, 3.05) is 18.4 Å². The van der Waals surface area contributed by atoms with Gasteiger partial charge >= 0.3 is 0 Å². The number of rotatable bonds is 3. The molecule has 1 rings (SSSR count). The summed E-state index contributed by atoms with van der Waals surface area (Å²) in [5, 5.41) is 3.08. The topological polar surface area (TPSA) is 63.8 Å². The Balaban J connectivity index is 2.75. The Morgan fingerprint density at radius 2 is 2.42 bits per heavy atom. The van der Waals surface area contributed by atoms with Crippen molar-refractivity contribution in [3.05, 3.63) is 16.5 Å². The molecule has 1 heterocycles. The Labute approximate surface area is 79.7 Å². The van der Waals surface area contributed by atoms with Crippen molar-refractivity contribution in [3.63, 3.8) is 0 Å². The van der Waals surface area contributed by atoms with E-state index in [1.54, 1.807) is 6.20 Å². The average Bonchev–Trinajstić information content (AvgIpc) is 2.07. The normalized spacial score (nSPS) is 9.92. The maximum Gasteiger partial charge on any atom is 0.144 e. The third-order valence-corrected chi connectivity index (χ3v) is 1.88. The first-order valence-electron chi connectivity index (χ1n) is 3.67. The highest BCUT2D eigenvalue weighted by molar-refractivity contribution is 9.10. The van der Waals surface area contributed by atoms with Crippen LogP contribution in [-0.4, -0.2) is 23.1 Å². The van der Waals surface area contributed by atoms with Gasteiger partial charge < -0.3 is 11.1 Å². The molecule has 0 amide bonds. The SMILES string of the molecule is Cc1ncc(Br)c(NCCN)n1. The van der Waals surface area contributed by atoms with Crippen molar-refractivity contribution in [2.24, 2.45) is 5.73 Å². The summed E-state index contributed by atoms with van der Waals surface area (Å²) in [5.41, 5.74) is 5.34. The zero-order valence-corrected chi connectivity index (χ0v) is 8.43. The van der Waals surface area contributed by atoms with Gasteiger partial charge in [0.2, 0.25) is 0 Å². The maximum absolute atomic E-state index is 5.34. The van der Waals surface area contributed by atoms with Crippen LogP contribution < -0.4 is 11.1 Å². The van der Waals surface area contributed by atoms with Gasteiger partial charge in [0.05, 0.1) is 4.47 Å². The summed E-state index contributed by atoms with van der Waals surface area (Å²) in [4.78, 5) is 8.20. The van der Waals surface area contributed by atoms with Gasteiger partial charge in [-0.05, 0) is 22.9 Å². The van der Waals surface area contributed by atoms with Crippen LogP contribution in [0.4, 0.5) is 5.82 Å². The number of aromatic nitrogens is 2. The van der Waals surface area contributed by atoms with E-state index >= 15 is 0 Å². The van der Waals surface area contributed by atoms with Gasteiger partial charge in [-0.2, -0.15) is 0 Å². The summed E-state index contributed by atoms with van der Waals surface area (Å²) in [7, 11) is 0. The highest BCUT2D eigenvalue weighted by Crippen LogP contribution is 2.17. The minimum atomic E-state index is 0.593. The monoisotopic (exact) mass is 230 g/mol. The van der Waals surface area contributed by atoms with Gasteiger partial charge in [-0.1, -0.05) is 0 Å². The van der Waals surface area contributed by atoms with Gasteiger partial charge in [-0.15, -0.1) is 0 Å². The zero-order valence-electron chi connectivity index (χ0n) is 6.84. The van der Waals surface area contributed by atoms with Crippen molar-refractivity contribution in [1.29, 1.82) is 0 Å². The van der Waals surface area contributed by atoms with Crippen LogP contribution in [0.1, 0.15) is 5.82 Å². The largest absolute Gasteiger partial charge is 0.368 e. The number of aryl methyl sites for hydroxylation is 1. The van der Waals surface area contributed by atoms with Gasteiger partial charge in [0, 0.05) is 19.3 Å². The van der Waals surface area contributed by atoms with Crippen molar-refractivity contribution >= 4 is 21.7 Å². The van der Waals surface area contributed by atoms with Crippen LogP contribution in [0.3, 0.4) is 0 Å². The van der Waals surface area contributed by atoms with E-state index in [1.807, 2.05) is 6.92 Å². The molecule has 0 unspecified atom stereocenters. The fourth-order valence-corrected chi connectivity index (χ4v) is 1.10. The maximum atomic E-state index is 5.34. The summed E-state index contributed by atoms with van der Waals surface area (Å²) < 4.78 is 0.863. The van der Waals surface area contributed by atoms with E-state index in [9.17, 15) is 0 Å². The second-order valence-corrected chi connectivity index (χ2v) is 3.18. The van der Waals surface area contributed by atoms with Crippen LogP contribution >= 0.6 is 15.9 Å². The van der Waals surface area contributed by atoms with Crippen LogP contribution in [0.5, 0.6) is 0 Å². The summed E-state index contributed by atoms with van der Waals surface area (Å²) in [6.45, 7) is 3.16.